The summed E-state index contributed by atoms with van der Waals surface area (Å²) in [4.78, 5) is 17.8. The summed E-state index contributed by atoms with van der Waals surface area (Å²) in [6.07, 6.45) is 0. The fourth-order valence-electron chi connectivity index (χ4n) is 2.58. The smallest absolute Gasteiger partial charge is 0.253 e. The first kappa shape index (κ1) is 25.7. The molecular weight excluding hydrogens is 491 g/mol. The summed E-state index contributed by atoms with van der Waals surface area (Å²) in [5.41, 5.74) is 2.91. The molecule has 2 N–H and O–H groups in total. The van der Waals surface area contributed by atoms with Gasteiger partial charge in [-0.05, 0) is 41.3 Å². The van der Waals surface area contributed by atoms with E-state index in [2.05, 4.69) is 41.6 Å². The summed E-state index contributed by atoms with van der Waals surface area (Å²) in [5, 5.41) is 6.60. The van der Waals surface area contributed by atoms with E-state index >= 15 is 0 Å². The SMILES string of the molecule is CN=C(NCc1ccc(OCC(C)C)cc1)NCc1ccc(C(=O)N(C)C)cc1.I. The van der Waals surface area contributed by atoms with Crippen LogP contribution in [-0.2, 0) is 13.1 Å². The Hall–Kier alpha value is -2.29. The molecule has 2 rings (SSSR count). The minimum absolute atomic E-state index is 0. The maximum atomic E-state index is 11.9. The van der Waals surface area contributed by atoms with Gasteiger partial charge in [-0.1, -0.05) is 38.1 Å². The van der Waals surface area contributed by atoms with Crippen molar-refractivity contribution in [2.24, 2.45) is 10.9 Å². The van der Waals surface area contributed by atoms with Gasteiger partial charge in [0.05, 0.1) is 6.61 Å². The number of halogens is 1. The van der Waals surface area contributed by atoms with Crippen LogP contribution in [0.3, 0.4) is 0 Å². The van der Waals surface area contributed by atoms with Crippen molar-refractivity contribution in [1.29, 1.82) is 0 Å². The molecule has 6 nitrogen and oxygen atoms in total. The molecule has 0 aliphatic rings. The van der Waals surface area contributed by atoms with Gasteiger partial charge in [0.2, 0.25) is 0 Å². The number of ether oxygens (including phenoxy) is 1. The number of nitrogens with one attached hydrogen (secondary N) is 2. The molecule has 1 amide bonds. The standard InChI is InChI=1S/C23H32N4O2.HI/c1-17(2)16-29-21-12-8-19(9-13-21)15-26-23(24-3)25-14-18-6-10-20(11-7-18)22(28)27(4)5;/h6-13,17H,14-16H2,1-5H3,(H2,24,25,26);1H. The zero-order chi connectivity index (χ0) is 21.2. The molecular formula is C23H33IN4O2. The fourth-order valence-corrected chi connectivity index (χ4v) is 2.58. The highest BCUT2D eigenvalue weighted by Gasteiger charge is 2.07. The third-order valence-corrected chi connectivity index (χ3v) is 4.26. The Morgan fingerprint density at radius 3 is 1.90 bits per heavy atom. The first-order valence-electron chi connectivity index (χ1n) is 9.86. The topological polar surface area (TPSA) is 66.0 Å². The largest absolute Gasteiger partial charge is 0.493 e. The highest BCUT2D eigenvalue weighted by atomic mass is 127. The summed E-state index contributed by atoms with van der Waals surface area (Å²) in [7, 11) is 5.25. The van der Waals surface area contributed by atoms with Gasteiger partial charge >= 0.3 is 0 Å². The molecule has 0 aliphatic heterocycles. The van der Waals surface area contributed by atoms with Gasteiger partial charge in [0.25, 0.3) is 5.91 Å². The van der Waals surface area contributed by atoms with Gasteiger partial charge in [0.1, 0.15) is 5.75 Å². The first-order valence-corrected chi connectivity index (χ1v) is 9.86. The molecule has 30 heavy (non-hydrogen) atoms. The van der Waals surface area contributed by atoms with Gasteiger partial charge in [-0.15, -0.1) is 24.0 Å². The number of carbonyl (C=O) groups is 1. The molecule has 0 spiro atoms. The first-order chi connectivity index (χ1) is 13.9. The molecule has 0 saturated carbocycles. The number of hydrogen-bond donors (Lipinski definition) is 2. The normalized spacial score (nSPS) is 10.9. The van der Waals surface area contributed by atoms with E-state index in [1.54, 1.807) is 26.0 Å². The average Bonchev–Trinajstić information content (AvgIpc) is 2.73. The van der Waals surface area contributed by atoms with Crippen LogP contribution in [-0.4, -0.2) is 44.5 Å². The van der Waals surface area contributed by atoms with Crippen molar-refractivity contribution < 1.29 is 9.53 Å². The lowest BCUT2D eigenvalue weighted by molar-refractivity contribution is 0.0827. The lowest BCUT2D eigenvalue weighted by Crippen LogP contribution is -2.36. The van der Waals surface area contributed by atoms with E-state index in [-0.39, 0.29) is 29.9 Å². The molecule has 0 saturated heterocycles. The molecule has 0 heterocycles. The number of rotatable bonds is 8. The average molecular weight is 524 g/mol. The number of benzene rings is 2. The molecule has 2 aromatic rings. The van der Waals surface area contributed by atoms with Crippen LogP contribution in [0.15, 0.2) is 53.5 Å². The monoisotopic (exact) mass is 524 g/mol. The Labute approximate surface area is 197 Å². The van der Waals surface area contributed by atoms with Gasteiger partial charge in [0.15, 0.2) is 5.96 Å². The lowest BCUT2D eigenvalue weighted by atomic mass is 10.1. The molecule has 2 aromatic carbocycles. The Morgan fingerprint density at radius 1 is 0.967 bits per heavy atom. The molecule has 7 heteroatoms. The van der Waals surface area contributed by atoms with Gasteiger partial charge in [-0.2, -0.15) is 0 Å². The molecule has 0 aromatic heterocycles. The lowest BCUT2D eigenvalue weighted by Gasteiger charge is -2.14. The number of nitrogens with zero attached hydrogens (tertiary/aromatic N) is 2. The van der Waals surface area contributed by atoms with Crippen molar-refractivity contribution in [2.75, 3.05) is 27.7 Å². The van der Waals surface area contributed by atoms with Gasteiger partial charge < -0.3 is 20.3 Å². The molecule has 164 valence electrons. The summed E-state index contributed by atoms with van der Waals surface area (Å²) in [6.45, 7) is 6.28. The van der Waals surface area contributed by atoms with Crippen LogP contribution in [0.4, 0.5) is 0 Å². The zero-order valence-corrected chi connectivity index (χ0v) is 20.8. The highest BCUT2D eigenvalue weighted by molar-refractivity contribution is 14.0. The predicted molar refractivity (Wildman–Crippen MR) is 134 cm³/mol. The zero-order valence-electron chi connectivity index (χ0n) is 18.4. The van der Waals surface area contributed by atoms with E-state index < -0.39 is 0 Å². The number of guanidine groups is 1. The third-order valence-electron chi connectivity index (χ3n) is 4.26. The van der Waals surface area contributed by atoms with Crippen molar-refractivity contribution >= 4 is 35.8 Å². The van der Waals surface area contributed by atoms with Crippen molar-refractivity contribution in [3.05, 3.63) is 65.2 Å². The molecule has 0 radical (unpaired) electrons. The summed E-state index contributed by atoms with van der Waals surface area (Å²) in [5.74, 6) is 2.12. The van der Waals surface area contributed by atoms with E-state index in [4.69, 9.17) is 4.74 Å². The van der Waals surface area contributed by atoms with E-state index in [0.29, 0.717) is 24.6 Å². The Kier molecular flexibility index (Phi) is 11.2. The Morgan fingerprint density at radius 2 is 1.47 bits per heavy atom. The van der Waals surface area contributed by atoms with Crippen LogP contribution in [0.5, 0.6) is 5.75 Å². The van der Waals surface area contributed by atoms with Crippen LogP contribution >= 0.6 is 24.0 Å². The molecule has 0 atom stereocenters. The van der Waals surface area contributed by atoms with E-state index in [0.717, 1.165) is 29.4 Å². The maximum absolute atomic E-state index is 11.9. The number of hydrogen-bond acceptors (Lipinski definition) is 3. The second-order valence-electron chi connectivity index (χ2n) is 7.52. The number of amides is 1. The van der Waals surface area contributed by atoms with Crippen LogP contribution in [0.25, 0.3) is 0 Å². The Balaban J connectivity index is 0.00000450. The quantitative estimate of drug-likeness (QED) is 0.312. The molecule has 0 fully saturated rings. The van der Waals surface area contributed by atoms with E-state index in [9.17, 15) is 4.79 Å². The third kappa shape index (κ3) is 8.61. The van der Waals surface area contributed by atoms with Crippen molar-refractivity contribution in [3.63, 3.8) is 0 Å². The van der Waals surface area contributed by atoms with Gasteiger partial charge in [-0.3, -0.25) is 9.79 Å². The summed E-state index contributed by atoms with van der Waals surface area (Å²) >= 11 is 0. The van der Waals surface area contributed by atoms with Crippen LogP contribution in [0.1, 0.15) is 35.3 Å². The molecule has 0 unspecified atom stereocenters. The van der Waals surface area contributed by atoms with E-state index in [1.165, 1.54) is 0 Å². The van der Waals surface area contributed by atoms with Crippen molar-refractivity contribution in [3.8, 4) is 5.75 Å². The highest BCUT2D eigenvalue weighted by Crippen LogP contribution is 2.13. The second-order valence-corrected chi connectivity index (χ2v) is 7.52. The van der Waals surface area contributed by atoms with E-state index in [1.807, 2.05) is 36.4 Å². The van der Waals surface area contributed by atoms with Gasteiger partial charge in [0, 0.05) is 39.8 Å². The van der Waals surface area contributed by atoms with Crippen molar-refractivity contribution in [1.82, 2.24) is 15.5 Å². The minimum Gasteiger partial charge on any atom is -0.493 e. The van der Waals surface area contributed by atoms with Crippen LogP contribution in [0.2, 0.25) is 0 Å². The summed E-state index contributed by atoms with van der Waals surface area (Å²) < 4.78 is 5.71. The van der Waals surface area contributed by atoms with Crippen molar-refractivity contribution in [2.45, 2.75) is 26.9 Å². The molecule has 0 bridgehead atoms. The van der Waals surface area contributed by atoms with Gasteiger partial charge in [-0.25, -0.2) is 0 Å². The second kappa shape index (κ2) is 13.1. The maximum Gasteiger partial charge on any atom is 0.253 e. The number of aliphatic imine (C=N–C) groups is 1. The summed E-state index contributed by atoms with van der Waals surface area (Å²) in [6, 6.07) is 15.7. The predicted octanol–water partition coefficient (Wildman–Crippen LogP) is 3.91. The van der Waals surface area contributed by atoms with Crippen LogP contribution < -0.4 is 15.4 Å². The fraction of sp³-hybridized carbons (Fsp3) is 0.391. The molecule has 0 aliphatic carbocycles. The minimum atomic E-state index is 0. The number of carbonyl (C=O) groups excluding carboxylic acids is 1. The Bertz CT molecular complexity index is 803. The van der Waals surface area contributed by atoms with Crippen LogP contribution in [0, 0.1) is 5.92 Å².